The smallest absolute Gasteiger partial charge is 0.244 e. The molecule has 2 fully saturated rings. The standard InChI is InChI=1S/C34H31ClN6OS/c1-33(2)29(30-37-38-39-40(30)22-23-13-12-20-27(35)21-23)41-31(42)28(32(41)43-33)36-34(24-14-6-3-7-15-24,25-16-8-4-9-17-25)26-18-10-5-11-19-26/h3-21,28-29,32,36H,22H2,1-2H3. The summed E-state index contributed by atoms with van der Waals surface area (Å²) in [7, 11) is 0. The number of nitrogens with zero attached hydrogens (tertiary/aromatic N) is 5. The van der Waals surface area contributed by atoms with E-state index >= 15 is 0 Å². The van der Waals surface area contributed by atoms with Crippen LogP contribution in [0.5, 0.6) is 0 Å². The largest absolute Gasteiger partial charge is 0.315 e. The van der Waals surface area contributed by atoms with E-state index in [2.05, 4.69) is 107 Å². The van der Waals surface area contributed by atoms with Gasteiger partial charge in [0.25, 0.3) is 0 Å². The van der Waals surface area contributed by atoms with Gasteiger partial charge in [0.1, 0.15) is 17.5 Å². The molecule has 0 aliphatic carbocycles. The van der Waals surface area contributed by atoms with Gasteiger partial charge in [0.15, 0.2) is 5.82 Å². The summed E-state index contributed by atoms with van der Waals surface area (Å²) in [6.45, 7) is 4.80. The first-order valence-corrected chi connectivity index (χ1v) is 15.6. The Morgan fingerprint density at radius 1 is 0.860 bits per heavy atom. The van der Waals surface area contributed by atoms with E-state index in [0.29, 0.717) is 17.4 Å². The molecular formula is C34H31ClN6OS. The van der Waals surface area contributed by atoms with Crippen LogP contribution in [0, 0.1) is 0 Å². The molecule has 1 amide bonds. The highest BCUT2D eigenvalue weighted by Crippen LogP contribution is 2.57. The molecule has 5 aromatic rings. The van der Waals surface area contributed by atoms with E-state index in [1.54, 1.807) is 16.4 Å². The van der Waals surface area contributed by atoms with Crippen LogP contribution in [0.2, 0.25) is 5.02 Å². The number of fused-ring (bicyclic) bond motifs is 1. The van der Waals surface area contributed by atoms with Gasteiger partial charge in [-0.1, -0.05) is 115 Å². The number of halogens is 1. The molecule has 9 heteroatoms. The predicted octanol–water partition coefficient (Wildman–Crippen LogP) is 6.06. The van der Waals surface area contributed by atoms with Crippen LogP contribution in [-0.2, 0) is 16.9 Å². The number of β-lactam (4-membered cyclic amide) rings is 1. The Bertz CT molecular complexity index is 1650. The molecule has 0 bridgehead atoms. The van der Waals surface area contributed by atoms with Gasteiger partial charge >= 0.3 is 0 Å². The Balaban J connectivity index is 1.26. The summed E-state index contributed by atoms with van der Waals surface area (Å²) >= 11 is 8.04. The van der Waals surface area contributed by atoms with Gasteiger partial charge < -0.3 is 4.90 Å². The minimum atomic E-state index is -0.743. The van der Waals surface area contributed by atoms with Crippen molar-refractivity contribution in [2.75, 3.05) is 0 Å². The zero-order valence-corrected chi connectivity index (χ0v) is 25.4. The van der Waals surface area contributed by atoms with Crippen LogP contribution in [-0.4, -0.2) is 47.2 Å². The summed E-state index contributed by atoms with van der Waals surface area (Å²) in [5.41, 5.74) is 3.47. The highest BCUT2D eigenvalue weighted by atomic mass is 35.5. The SMILES string of the molecule is CC1(C)SC2C(NC(c3ccccc3)(c3ccccc3)c3ccccc3)C(=O)N2C1c1nnnn1Cc1cccc(Cl)c1. The Hall–Kier alpha value is -3.98. The molecule has 0 spiro atoms. The third-order valence-corrected chi connectivity index (χ3v) is 10.3. The average Bonchev–Trinajstić information content (AvgIpc) is 3.57. The normalized spacial score (nSPS) is 21.0. The van der Waals surface area contributed by atoms with Crippen molar-refractivity contribution < 1.29 is 4.79 Å². The number of benzene rings is 4. The lowest BCUT2D eigenvalue weighted by atomic mass is 9.76. The minimum absolute atomic E-state index is 0.0394. The van der Waals surface area contributed by atoms with E-state index < -0.39 is 11.6 Å². The lowest BCUT2D eigenvalue weighted by Crippen LogP contribution is -2.70. The number of carbonyl (C=O) groups excluding carboxylic acids is 1. The second-order valence-electron chi connectivity index (χ2n) is 11.6. The van der Waals surface area contributed by atoms with Gasteiger partial charge in [0.2, 0.25) is 5.91 Å². The number of amides is 1. The molecule has 7 nitrogen and oxygen atoms in total. The quantitative estimate of drug-likeness (QED) is 0.171. The number of hydrogen-bond donors (Lipinski definition) is 1. The summed E-state index contributed by atoms with van der Waals surface area (Å²) in [5, 5.41) is 17.3. The lowest BCUT2D eigenvalue weighted by molar-refractivity contribution is -0.150. The van der Waals surface area contributed by atoms with Crippen molar-refractivity contribution in [2.24, 2.45) is 0 Å². The van der Waals surface area contributed by atoms with Crippen LogP contribution >= 0.6 is 23.4 Å². The summed E-state index contributed by atoms with van der Waals surface area (Å²) in [6, 6.07) is 38.1. The molecule has 3 atom stereocenters. The number of rotatable bonds is 8. The monoisotopic (exact) mass is 606 g/mol. The Kier molecular flexibility index (Phi) is 7.08. The van der Waals surface area contributed by atoms with Gasteiger partial charge in [-0.15, -0.1) is 16.9 Å². The van der Waals surface area contributed by atoms with E-state index in [1.807, 2.05) is 47.4 Å². The molecule has 2 aliphatic rings. The zero-order chi connectivity index (χ0) is 29.6. The number of carbonyl (C=O) groups is 1. The van der Waals surface area contributed by atoms with E-state index in [9.17, 15) is 4.79 Å². The average molecular weight is 607 g/mol. The fraction of sp³-hybridized carbons (Fsp3) is 0.235. The Morgan fingerprint density at radius 2 is 1.44 bits per heavy atom. The van der Waals surface area contributed by atoms with Gasteiger partial charge in [-0.3, -0.25) is 10.1 Å². The first-order valence-electron chi connectivity index (χ1n) is 14.3. The van der Waals surface area contributed by atoms with Gasteiger partial charge in [0, 0.05) is 9.77 Å². The molecule has 3 heterocycles. The lowest BCUT2D eigenvalue weighted by Gasteiger charge is -2.49. The van der Waals surface area contributed by atoms with Gasteiger partial charge in [-0.05, 0) is 58.7 Å². The molecule has 1 N–H and O–H groups in total. The van der Waals surface area contributed by atoms with Gasteiger partial charge in [-0.2, -0.15) is 0 Å². The second-order valence-corrected chi connectivity index (χ2v) is 13.8. The topological polar surface area (TPSA) is 75.9 Å². The highest BCUT2D eigenvalue weighted by Gasteiger charge is 2.64. The summed E-state index contributed by atoms with van der Waals surface area (Å²) < 4.78 is 1.46. The maximum atomic E-state index is 14.3. The first-order chi connectivity index (χ1) is 20.9. The Labute approximate surface area is 260 Å². The predicted molar refractivity (Wildman–Crippen MR) is 170 cm³/mol. The van der Waals surface area contributed by atoms with Crippen molar-refractivity contribution in [3.63, 3.8) is 0 Å². The Morgan fingerprint density at radius 3 is 2.00 bits per heavy atom. The maximum absolute atomic E-state index is 14.3. The van der Waals surface area contributed by atoms with Gasteiger partial charge in [-0.25, -0.2) is 4.68 Å². The van der Waals surface area contributed by atoms with Crippen LogP contribution in [0.3, 0.4) is 0 Å². The molecule has 7 rings (SSSR count). The van der Waals surface area contributed by atoms with Crippen molar-refractivity contribution >= 4 is 29.3 Å². The van der Waals surface area contributed by atoms with Crippen LogP contribution in [0.15, 0.2) is 115 Å². The highest BCUT2D eigenvalue weighted by molar-refractivity contribution is 8.01. The van der Waals surface area contributed by atoms with Crippen LogP contribution in [0.4, 0.5) is 0 Å². The van der Waals surface area contributed by atoms with Crippen molar-refractivity contribution in [3.05, 3.63) is 148 Å². The van der Waals surface area contributed by atoms with Crippen LogP contribution in [0.1, 0.15) is 48.0 Å². The fourth-order valence-corrected chi connectivity index (χ4v) is 8.38. The van der Waals surface area contributed by atoms with E-state index in [1.165, 1.54) is 0 Å². The van der Waals surface area contributed by atoms with Crippen LogP contribution < -0.4 is 5.32 Å². The molecule has 43 heavy (non-hydrogen) atoms. The molecule has 216 valence electrons. The molecule has 1 aromatic heterocycles. The number of tetrazole rings is 1. The fourth-order valence-electron chi connectivity index (χ4n) is 6.54. The molecule has 3 unspecified atom stereocenters. The summed E-state index contributed by atoms with van der Waals surface area (Å²) in [6.07, 6.45) is 0. The number of aromatic nitrogens is 4. The number of thioether (sulfide) groups is 1. The third kappa shape index (κ3) is 4.74. The molecular weight excluding hydrogens is 576 g/mol. The third-order valence-electron chi connectivity index (χ3n) is 8.46. The zero-order valence-electron chi connectivity index (χ0n) is 23.8. The van der Waals surface area contributed by atoms with Gasteiger partial charge in [0.05, 0.1) is 12.1 Å². The molecule has 4 aromatic carbocycles. The minimum Gasteiger partial charge on any atom is -0.315 e. The summed E-state index contributed by atoms with van der Waals surface area (Å²) in [5.74, 6) is 0.713. The maximum Gasteiger partial charge on any atom is 0.244 e. The van der Waals surface area contributed by atoms with Crippen molar-refractivity contribution in [1.82, 2.24) is 30.4 Å². The van der Waals surface area contributed by atoms with Crippen molar-refractivity contribution in [2.45, 2.75) is 48.1 Å². The van der Waals surface area contributed by atoms with Crippen molar-refractivity contribution in [1.29, 1.82) is 0 Å². The number of nitrogens with one attached hydrogen (secondary N) is 1. The van der Waals surface area contributed by atoms with E-state index in [-0.39, 0.29) is 22.1 Å². The van der Waals surface area contributed by atoms with E-state index in [4.69, 9.17) is 11.6 Å². The molecule has 0 radical (unpaired) electrons. The van der Waals surface area contributed by atoms with E-state index in [0.717, 1.165) is 22.3 Å². The first kappa shape index (κ1) is 27.8. The second kappa shape index (κ2) is 10.9. The number of hydrogen-bond acceptors (Lipinski definition) is 6. The molecule has 2 saturated heterocycles. The molecule has 0 saturated carbocycles. The van der Waals surface area contributed by atoms with Crippen molar-refractivity contribution in [3.8, 4) is 0 Å². The summed E-state index contributed by atoms with van der Waals surface area (Å²) in [4.78, 5) is 16.2. The molecule has 2 aliphatic heterocycles. The van der Waals surface area contributed by atoms with Crippen LogP contribution in [0.25, 0.3) is 0 Å².